The van der Waals surface area contributed by atoms with Crippen molar-refractivity contribution in [2.24, 2.45) is 5.73 Å². The number of hydrogen-bond acceptors (Lipinski definition) is 5. The molecule has 1 atom stereocenters. The van der Waals surface area contributed by atoms with Gasteiger partial charge in [0.2, 0.25) is 0 Å². The molecule has 18 heavy (non-hydrogen) atoms. The minimum absolute atomic E-state index is 0.0192. The van der Waals surface area contributed by atoms with E-state index in [2.05, 4.69) is 15.1 Å². The number of ether oxygens (including phenoxy) is 1. The van der Waals surface area contributed by atoms with E-state index in [9.17, 15) is 0 Å². The molecule has 1 aliphatic rings. The van der Waals surface area contributed by atoms with Crippen molar-refractivity contribution in [2.75, 3.05) is 24.6 Å². The fourth-order valence-corrected chi connectivity index (χ4v) is 2.17. The van der Waals surface area contributed by atoms with Crippen LogP contribution in [-0.2, 0) is 4.74 Å². The van der Waals surface area contributed by atoms with Crippen molar-refractivity contribution in [1.29, 1.82) is 5.41 Å². The Morgan fingerprint density at radius 3 is 3.11 bits per heavy atom. The van der Waals surface area contributed by atoms with Crippen molar-refractivity contribution in [2.45, 2.75) is 25.9 Å². The second kappa shape index (κ2) is 5.77. The Labute approximate surface area is 107 Å². The summed E-state index contributed by atoms with van der Waals surface area (Å²) in [4.78, 5) is 2.07. The number of hydrogen-bond donors (Lipinski definition) is 2. The number of likely N-dealkylation sites (N-methyl/N-ethyl adjacent to an activating group) is 1. The van der Waals surface area contributed by atoms with Crippen molar-refractivity contribution >= 4 is 11.7 Å². The summed E-state index contributed by atoms with van der Waals surface area (Å²) in [5.74, 6) is 0.689. The molecular formula is C12H19N5O. The molecule has 0 spiro atoms. The third kappa shape index (κ3) is 2.76. The second-order valence-electron chi connectivity index (χ2n) is 4.36. The van der Waals surface area contributed by atoms with Gasteiger partial charge in [-0.05, 0) is 25.8 Å². The maximum Gasteiger partial charge on any atom is 0.162 e. The molecule has 6 heteroatoms. The summed E-state index contributed by atoms with van der Waals surface area (Å²) in [7, 11) is 0. The summed E-state index contributed by atoms with van der Waals surface area (Å²) in [5.41, 5.74) is 6.20. The third-order valence-electron chi connectivity index (χ3n) is 3.12. The Bertz CT molecular complexity index is 417. The van der Waals surface area contributed by atoms with E-state index in [0.717, 1.165) is 32.5 Å². The molecule has 0 aliphatic carbocycles. The molecule has 0 amide bonds. The minimum atomic E-state index is 0.0192. The molecule has 6 nitrogen and oxygen atoms in total. The van der Waals surface area contributed by atoms with Crippen molar-refractivity contribution in [3.63, 3.8) is 0 Å². The Morgan fingerprint density at radius 2 is 2.50 bits per heavy atom. The smallest absolute Gasteiger partial charge is 0.162 e. The lowest BCUT2D eigenvalue weighted by Gasteiger charge is -2.25. The fraction of sp³-hybridized carbons (Fsp3) is 0.583. The van der Waals surface area contributed by atoms with Crippen LogP contribution in [0.25, 0.3) is 0 Å². The third-order valence-corrected chi connectivity index (χ3v) is 3.12. The van der Waals surface area contributed by atoms with E-state index in [1.807, 2.05) is 6.92 Å². The maximum absolute atomic E-state index is 7.58. The Kier molecular flexibility index (Phi) is 4.09. The van der Waals surface area contributed by atoms with Crippen LogP contribution in [0, 0.1) is 5.41 Å². The zero-order chi connectivity index (χ0) is 13.0. The molecular weight excluding hydrogens is 230 g/mol. The van der Waals surface area contributed by atoms with Gasteiger partial charge in [0.25, 0.3) is 0 Å². The Balaban J connectivity index is 2.18. The molecule has 0 aromatic carbocycles. The quantitative estimate of drug-likeness (QED) is 0.594. The average Bonchev–Trinajstić information content (AvgIpc) is 2.88. The van der Waals surface area contributed by atoms with Gasteiger partial charge >= 0.3 is 0 Å². The van der Waals surface area contributed by atoms with Crippen molar-refractivity contribution in [3.05, 3.63) is 17.8 Å². The normalized spacial score (nSPS) is 18.8. The highest BCUT2D eigenvalue weighted by molar-refractivity contribution is 5.99. The molecule has 0 bridgehead atoms. The van der Waals surface area contributed by atoms with E-state index in [-0.39, 0.29) is 11.9 Å². The van der Waals surface area contributed by atoms with E-state index < -0.39 is 0 Å². The topological polar surface area (TPSA) is 88.1 Å². The van der Waals surface area contributed by atoms with Gasteiger partial charge in [-0.3, -0.25) is 5.41 Å². The first-order chi connectivity index (χ1) is 8.72. The summed E-state index contributed by atoms with van der Waals surface area (Å²) < 4.78 is 5.63. The number of amidine groups is 1. The predicted molar refractivity (Wildman–Crippen MR) is 69.9 cm³/mol. The Morgan fingerprint density at radius 1 is 1.67 bits per heavy atom. The predicted octanol–water partition coefficient (Wildman–Crippen LogP) is 0.766. The first-order valence-corrected chi connectivity index (χ1v) is 6.25. The molecule has 2 rings (SSSR count). The van der Waals surface area contributed by atoms with E-state index >= 15 is 0 Å². The van der Waals surface area contributed by atoms with E-state index in [4.69, 9.17) is 15.9 Å². The zero-order valence-corrected chi connectivity index (χ0v) is 10.6. The number of nitrogens with one attached hydrogen (secondary N) is 1. The van der Waals surface area contributed by atoms with Crippen LogP contribution in [0.3, 0.4) is 0 Å². The van der Waals surface area contributed by atoms with Crippen LogP contribution in [0.1, 0.15) is 25.3 Å². The van der Waals surface area contributed by atoms with E-state index in [1.165, 1.54) is 0 Å². The summed E-state index contributed by atoms with van der Waals surface area (Å²) in [6.07, 6.45) is 3.99. The van der Waals surface area contributed by atoms with E-state index in [1.54, 1.807) is 12.3 Å². The van der Waals surface area contributed by atoms with Gasteiger partial charge in [0.05, 0.1) is 17.9 Å². The molecule has 0 radical (unpaired) electrons. The van der Waals surface area contributed by atoms with Gasteiger partial charge in [0.15, 0.2) is 5.82 Å². The molecule has 98 valence electrons. The monoisotopic (exact) mass is 249 g/mol. The number of nitrogen functional groups attached to an aromatic ring is 1. The summed E-state index contributed by atoms with van der Waals surface area (Å²) >= 11 is 0. The van der Waals surface area contributed by atoms with Gasteiger partial charge < -0.3 is 15.4 Å². The number of rotatable bonds is 5. The molecule has 3 N–H and O–H groups in total. The molecule has 1 saturated heterocycles. The zero-order valence-electron chi connectivity index (χ0n) is 10.6. The van der Waals surface area contributed by atoms with Crippen LogP contribution in [0.15, 0.2) is 12.3 Å². The van der Waals surface area contributed by atoms with Gasteiger partial charge in [-0.25, -0.2) is 0 Å². The summed E-state index contributed by atoms with van der Waals surface area (Å²) in [6.45, 7) is 4.45. The standard InChI is InChI=1S/C12H19N5O/c1-2-17(8-9-4-3-7-18-9)12-10(11(13)14)5-6-15-16-12/h5-6,9H,2-4,7-8H2,1H3,(H3,13,14). The Hall–Kier alpha value is -1.69. The fourth-order valence-electron chi connectivity index (χ4n) is 2.17. The second-order valence-corrected chi connectivity index (χ2v) is 4.36. The lowest BCUT2D eigenvalue weighted by atomic mass is 10.2. The van der Waals surface area contributed by atoms with E-state index in [0.29, 0.717) is 11.4 Å². The molecule has 1 fully saturated rings. The number of aromatic nitrogens is 2. The first-order valence-electron chi connectivity index (χ1n) is 6.25. The molecule has 1 unspecified atom stereocenters. The van der Waals surface area contributed by atoms with Gasteiger partial charge in [0.1, 0.15) is 5.84 Å². The largest absolute Gasteiger partial charge is 0.384 e. The van der Waals surface area contributed by atoms with Crippen molar-refractivity contribution in [3.8, 4) is 0 Å². The van der Waals surface area contributed by atoms with Crippen LogP contribution in [0.5, 0.6) is 0 Å². The average molecular weight is 249 g/mol. The van der Waals surface area contributed by atoms with Crippen LogP contribution >= 0.6 is 0 Å². The maximum atomic E-state index is 7.58. The highest BCUT2D eigenvalue weighted by Crippen LogP contribution is 2.19. The number of nitrogens with two attached hydrogens (primary N) is 1. The number of nitrogens with zero attached hydrogens (tertiary/aromatic N) is 3. The highest BCUT2D eigenvalue weighted by atomic mass is 16.5. The van der Waals surface area contributed by atoms with Gasteiger partial charge in [-0.2, -0.15) is 5.10 Å². The molecule has 0 saturated carbocycles. The first kappa shape index (κ1) is 12.8. The lowest BCUT2D eigenvalue weighted by molar-refractivity contribution is 0.115. The van der Waals surface area contributed by atoms with Crippen LogP contribution < -0.4 is 10.6 Å². The molecule has 1 aromatic heterocycles. The SMILES string of the molecule is CCN(CC1CCCO1)c1nnccc1C(=N)N. The molecule has 2 heterocycles. The summed E-state index contributed by atoms with van der Waals surface area (Å²) in [5, 5.41) is 15.6. The van der Waals surface area contributed by atoms with Crippen molar-refractivity contribution in [1.82, 2.24) is 10.2 Å². The van der Waals surface area contributed by atoms with Crippen LogP contribution in [0.4, 0.5) is 5.82 Å². The van der Waals surface area contributed by atoms with Gasteiger partial charge in [-0.15, -0.1) is 5.10 Å². The van der Waals surface area contributed by atoms with Gasteiger partial charge in [0, 0.05) is 19.7 Å². The van der Waals surface area contributed by atoms with Crippen LogP contribution in [-0.4, -0.2) is 41.8 Å². The molecule has 1 aliphatic heterocycles. The van der Waals surface area contributed by atoms with Crippen molar-refractivity contribution < 1.29 is 4.74 Å². The molecule has 1 aromatic rings. The lowest BCUT2D eigenvalue weighted by Crippen LogP contribution is -2.34. The van der Waals surface area contributed by atoms with Gasteiger partial charge in [-0.1, -0.05) is 0 Å². The summed E-state index contributed by atoms with van der Waals surface area (Å²) in [6, 6.07) is 1.73. The number of anilines is 1. The minimum Gasteiger partial charge on any atom is -0.384 e. The van der Waals surface area contributed by atoms with Crippen LogP contribution in [0.2, 0.25) is 0 Å². The highest BCUT2D eigenvalue weighted by Gasteiger charge is 2.21.